The third-order valence-corrected chi connectivity index (χ3v) is 2.29. The Morgan fingerprint density at radius 1 is 1.24 bits per heavy atom. The van der Waals surface area contributed by atoms with Gasteiger partial charge >= 0.3 is 12.1 Å². The number of ether oxygens (including phenoxy) is 1. The molecule has 0 heterocycles. The van der Waals surface area contributed by atoms with Gasteiger partial charge in [-0.15, -0.1) is 0 Å². The van der Waals surface area contributed by atoms with Crippen LogP contribution in [0, 0.1) is 11.6 Å². The van der Waals surface area contributed by atoms with Crippen LogP contribution in [0.1, 0.15) is 18.4 Å². The summed E-state index contributed by atoms with van der Waals surface area (Å²) in [6.07, 6.45) is -4.23. The number of carboxylic acids is 1. The van der Waals surface area contributed by atoms with Gasteiger partial charge in [0.25, 0.3) is 0 Å². The van der Waals surface area contributed by atoms with Crippen molar-refractivity contribution in [3.63, 3.8) is 0 Å². The van der Waals surface area contributed by atoms with E-state index in [1.807, 2.05) is 0 Å². The van der Waals surface area contributed by atoms with Gasteiger partial charge in [-0.2, -0.15) is 13.2 Å². The monoisotopic (exact) mass is 310 g/mol. The number of alkyl halides is 3. The van der Waals surface area contributed by atoms with Gasteiger partial charge in [0.15, 0.2) is 17.4 Å². The topological polar surface area (TPSA) is 46.5 Å². The van der Waals surface area contributed by atoms with E-state index in [-0.39, 0.29) is 5.56 Å². The second-order valence-electron chi connectivity index (χ2n) is 4.05. The summed E-state index contributed by atoms with van der Waals surface area (Å²) in [5, 5.41) is 8.39. The fourth-order valence-electron chi connectivity index (χ4n) is 1.43. The molecule has 0 atom stereocenters. The van der Waals surface area contributed by atoms with Crippen LogP contribution in [0.3, 0.4) is 0 Å². The van der Waals surface area contributed by atoms with E-state index >= 15 is 0 Å². The number of rotatable bonds is 6. The first-order valence-corrected chi connectivity index (χ1v) is 5.78. The molecule has 0 unspecified atom stereocenters. The van der Waals surface area contributed by atoms with Gasteiger partial charge in [0.2, 0.25) is 0 Å². The Balaban J connectivity index is 2.70. The summed E-state index contributed by atoms with van der Waals surface area (Å²) in [6, 6.07) is 1.64. The number of benzene rings is 1. The minimum absolute atomic E-state index is 0.0463. The number of carbonyl (C=O) groups is 1. The second-order valence-corrected chi connectivity index (χ2v) is 4.05. The van der Waals surface area contributed by atoms with Gasteiger partial charge in [0.05, 0.1) is 6.61 Å². The number of aliphatic carboxylic acids is 1. The van der Waals surface area contributed by atoms with Gasteiger partial charge in [0, 0.05) is 12.5 Å². The number of carboxylic acid groups (broad SMARTS) is 1. The molecule has 1 aromatic rings. The van der Waals surface area contributed by atoms with Crippen molar-refractivity contribution in [1.29, 1.82) is 0 Å². The molecule has 116 valence electrons. The molecule has 0 aliphatic carbocycles. The van der Waals surface area contributed by atoms with Crippen molar-refractivity contribution >= 4 is 12.0 Å². The molecule has 1 rings (SSSR count). The Bertz CT molecular complexity index is 514. The number of hydrogen-bond donors (Lipinski definition) is 1. The quantitative estimate of drug-likeness (QED) is 0.494. The van der Waals surface area contributed by atoms with Crippen molar-refractivity contribution in [3.8, 4) is 5.75 Å². The van der Waals surface area contributed by atoms with Crippen LogP contribution in [-0.4, -0.2) is 23.9 Å². The molecule has 8 heteroatoms. The molecule has 0 amide bonds. The smallest absolute Gasteiger partial charge is 0.389 e. The summed E-state index contributed by atoms with van der Waals surface area (Å²) in [6.45, 7) is -0.488. The van der Waals surface area contributed by atoms with E-state index in [4.69, 9.17) is 5.11 Å². The first-order valence-electron chi connectivity index (χ1n) is 5.78. The van der Waals surface area contributed by atoms with Crippen molar-refractivity contribution in [3.05, 3.63) is 35.4 Å². The lowest BCUT2D eigenvalue weighted by Crippen LogP contribution is -2.10. The summed E-state index contributed by atoms with van der Waals surface area (Å²) in [4.78, 5) is 10.3. The van der Waals surface area contributed by atoms with E-state index in [0.29, 0.717) is 6.08 Å². The molecule has 0 aliphatic rings. The van der Waals surface area contributed by atoms with Crippen molar-refractivity contribution in [2.24, 2.45) is 0 Å². The molecule has 0 aliphatic heterocycles. The molecule has 3 nitrogen and oxygen atoms in total. The molecule has 0 bridgehead atoms. The lowest BCUT2D eigenvalue weighted by molar-refractivity contribution is -0.136. The maximum atomic E-state index is 13.5. The van der Waals surface area contributed by atoms with Gasteiger partial charge in [-0.3, -0.25) is 0 Å². The maximum Gasteiger partial charge on any atom is 0.389 e. The number of hydrogen-bond acceptors (Lipinski definition) is 2. The van der Waals surface area contributed by atoms with Crippen LogP contribution in [0.2, 0.25) is 0 Å². The molecule has 1 N–H and O–H groups in total. The highest BCUT2D eigenvalue weighted by molar-refractivity contribution is 5.85. The highest BCUT2D eigenvalue weighted by Gasteiger charge is 2.26. The maximum absolute atomic E-state index is 13.5. The highest BCUT2D eigenvalue weighted by atomic mass is 19.4. The van der Waals surface area contributed by atoms with Gasteiger partial charge in [-0.25, -0.2) is 13.6 Å². The summed E-state index contributed by atoms with van der Waals surface area (Å²) < 4.78 is 67.4. The molecule has 0 spiro atoms. The van der Waals surface area contributed by atoms with E-state index in [1.165, 1.54) is 0 Å². The van der Waals surface area contributed by atoms with Crippen LogP contribution >= 0.6 is 0 Å². The van der Waals surface area contributed by atoms with Crippen LogP contribution in [0.4, 0.5) is 22.0 Å². The molecular formula is C13H11F5O3. The van der Waals surface area contributed by atoms with E-state index in [9.17, 15) is 26.7 Å². The van der Waals surface area contributed by atoms with Gasteiger partial charge < -0.3 is 9.84 Å². The molecule has 0 saturated carbocycles. The van der Waals surface area contributed by atoms with Crippen molar-refractivity contribution in [2.75, 3.05) is 6.61 Å². The van der Waals surface area contributed by atoms with Crippen LogP contribution < -0.4 is 4.74 Å². The zero-order chi connectivity index (χ0) is 16.0. The van der Waals surface area contributed by atoms with Gasteiger partial charge in [-0.1, -0.05) is 0 Å². The lowest BCUT2D eigenvalue weighted by Gasteiger charge is -2.10. The van der Waals surface area contributed by atoms with Crippen molar-refractivity contribution < 1.29 is 36.6 Å². The van der Waals surface area contributed by atoms with Crippen LogP contribution in [0.15, 0.2) is 18.2 Å². The summed E-state index contributed by atoms with van der Waals surface area (Å²) in [5.74, 6) is -4.31. The lowest BCUT2D eigenvalue weighted by atomic mass is 10.2. The van der Waals surface area contributed by atoms with Crippen molar-refractivity contribution in [2.45, 2.75) is 19.0 Å². The third kappa shape index (κ3) is 6.24. The first kappa shape index (κ1) is 16.9. The molecule has 0 fully saturated rings. The standard InChI is InChI=1S/C13H11F5O3/c14-9-6-8(2-3-11(19)20)7-10(15)12(9)21-5-1-4-13(16,17)18/h2-3,6-7H,1,4-5H2,(H,19,20)/b3-2+. The average molecular weight is 310 g/mol. The zero-order valence-corrected chi connectivity index (χ0v) is 10.6. The normalized spacial score (nSPS) is 11.9. The average Bonchev–Trinajstić information content (AvgIpc) is 2.33. The Morgan fingerprint density at radius 3 is 2.29 bits per heavy atom. The molecule has 0 radical (unpaired) electrons. The third-order valence-electron chi connectivity index (χ3n) is 2.29. The second kappa shape index (κ2) is 7.05. The summed E-state index contributed by atoms with van der Waals surface area (Å²) in [7, 11) is 0. The van der Waals surface area contributed by atoms with E-state index < -0.39 is 49.0 Å². The minimum Gasteiger partial charge on any atom is -0.488 e. The molecule has 0 saturated heterocycles. The van der Waals surface area contributed by atoms with E-state index in [0.717, 1.165) is 18.2 Å². The zero-order valence-electron chi connectivity index (χ0n) is 10.6. The Kier molecular flexibility index (Phi) is 5.69. The molecular weight excluding hydrogens is 299 g/mol. The van der Waals surface area contributed by atoms with E-state index in [2.05, 4.69) is 4.74 Å². The Morgan fingerprint density at radius 2 is 1.81 bits per heavy atom. The molecule has 21 heavy (non-hydrogen) atoms. The largest absolute Gasteiger partial charge is 0.488 e. The predicted octanol–water partition coefficient (Wildman–Crippen LogP) is 3.78. The minimum atomic E-state index is -4.36. The molecule has 0 aromatic heterocycles. The Hall–Kier alpha value is -2.12. The van der Waals surface area contributed by atoms with Gasteiger partial charge in [-0.05, 0) is 30.2 Å². The Labute approximate surface area is 116 Å². The predicted molar refractivity (Wildman–Crippen MR) is 63.8 cm³/mol. The van der Waals surface area contributed by atoms with Crippen molar-refractivity contribution in [1.82, 2.24) is 0 Å². The van der Waals surface area contributed by atoms with Crippen LogP contribution in [0.25, 0.3) is 6.08 Å². The SMILES string of the molecule is O=C(O)/C=C/c1cc(F)c(OCCCC(F)(F)F)c(F)c1. The van der Waals surface area contributed by atoms with Crippen LogP contribution in [-0.2, 0) is 4.79 Å². The fraction of sp³-hybridized carbons (Fsp3) is 0.308. The molecule has 1 aromatic carbocycles. The number of halogens is 5. The fourth-order valence-corrected chi connectivity index (χ4v) is 1.43. The highest BCUT2D eigenvalue weighted by Crippen LogP contribution is 2.25. The van der Waals surface area contributed by atoms with Crippen LogP contribution in [0.5, 0.6) is 5.75 Å². The van der Waals surface area contributed by atoms with E-state index in [1.54, 1.807) is 0 Å². The summed E-state index contributed by atoms with van der Waals surface area (Å²) in [5.41, 5.74) is -0.0463. The first-order chi connectivity index (χ1) is 9.69. The summed E-state index contributed by atoms with van der Waals surface area (Å²) >= 11 is 0. The van der Waals surface area contributed by atoms with Gasteiger partial charge in [0.1, 0.15) is 0 Å².